The van der Waals surface area contributed by atoms with Gasteiger partial charge in [0, 0.05) is 12.1 Å². The molecule has 0 unspecified atom stereocenters. The summed E-state index contributed by atoms with van der Waals surface area (Å²) in [6.45, 7) is 6.09. The van der Waals surface area contributed by atoms with Crippen molar-refractivity contribution in [3.8, 4) is 5.75 Å². The summed E-state index contributed by atoms with van der Waals surface area (Å²) < 4.78 is 5.48. The summed E-state index contributed by atoms with van der Waals surface area (Å²) in [5, 5.41) is 2.75. The number of hydrogen-bond donors (Lipinski definition) is 2. The molecule has 1 rings (SSSR count). The van der Waals surface area contributed by atoms with Gasteiger partial charge in [0.1, 0.15) is 12.4 Å². The highest BCUT2D eigenvalue weighted by Gasteiger charge is 2.08. The summed E-state index contributed by atoms with van der Waals surface area (Å²) in [6.07, 6.45) is 1.68. The van der Waals surface area contributed by atoms with Gasteiger partial charge in [-0.1, -0.05) is 30.9 Å². The molecular weight excluding hydrogens is 216 g/mol. The first kappa shape index (κ1) is 13.3. The first-order chi connectivity index (χ1) is 8.15. The number of benzene rings is 1. The largest absolute Gasteiger partial charge is 0.489 e. The molecule has 0 fully saturated rings. The molecule has 4 heteroatoms. The highest BCUT2D eigenvalue weighted by atomic mass is 16.5. The van der Waals surface area contributed by atoms with E-state index in [-0.39, 0.29) is 5.91 Å². The van der Waals surface area contributed by atoms with Gasteiger partial charge >= 0.3 is 0 Å². The molecule has 0 aliphatic carbocycles. The van der Waals surface area contributed by atoms with Crippen molar-refractivity contribution in [3.05, 3.63) is 42.5 Å². The molecule has 0 spiro atoms. The second-order valence-electron chi connectivity index (χ2n) is 3.71. The van der Waals surface area contributed by atoms with Crippen LogP contribution in [0.1, 0.15) is 12.5 Å². The molecule has 0 radical (unpaired) electrons. The Morgan fingerprint density at radius 2 is 2.29 bits per heavy atom. The maximum atomic E-state index is 11.3. The fourth-order valence-electron chi connectivity index (χ4n) is 1.28. The first-order valence-corrected chi connectivity index (χ1v) is 5.50. The van der Waals surface area contributed by atoms with Crippen LogP contribution in [0, 0.1) is 0 Å². The van der Waals surface area contributed by atoms with Crippen LogP contribution in [0.4, 0.5) is 0 Å². The summed E-state index contributed by atoms with van der Waals surface area (Å²) in [5.74, 6) is 0.570. The predicted octanol–water partition coefficient (Wildman–Crippen LogP) is 1.21. The summed E-state index contributed by atoms with van der Waals surface area (Å²) in [6, 6.07) is 7.04. The number of nitrogens with two attached hydrogens (primary N) is 1. The Kier molecular flexibility index (Phi) is 5.23. The Hall–Kier alpha value is -1.81. The Balaban J connectivity index is 2.63. The molecule has 0 bridgehead atoms. The van der Waals surface area contributed by atoms with E-state index >= 15 is 0 Å². The molecule has 1 amide bonds. The van der Waals surface area contributed by atoms with Crippen molar-refractivity contribution in [2.45, 2.75) is 19.5 Å². The van der Waals surface area contributed by atoms with Crippen molar-refractivity contribution < 1.29 is 9.53 Å². The zero-order valence-electron chi connectivity index (χ0n) is 9.98. The summed E-state index contributed by atoms with van der Waals surface area (Å²) >= 11 is 0. The van der Waals surface area contributed by atoms with Gasteiger partial charge in [-0.3, -0.25) is 4.79 Å². The summed E-state index contributed by atoms with van der Waals surface area (Å²) in [4.78, 5) is 11.3. The molecular formula is C13H18N2O2. The van der Waals surface area contributed by atoms with Crippen molar-refractivity contribution in [2.75, 3.05) is 6.61 Å². The average molecular weight is 234 g/mol. The number of hydrogen-bond acceptors (Lipinski definition) is 3. The third-order valence-corrected chi connectivity index (χ3v) is 2.20. The van der Waals surface area contributed by atoms with Crippen LogP contribution in [-0.2, 0) is 11.3 Å². The Morgan fingerprint density at radius 3 is 2.94 bits per heavy atom. The molecule has 1 aromatic rings. The molecule has 0 aliphatic heterocycles. The van der Waals surface area contributed by atoms with Crippen molar-refractivity contribution in [1.29, 1.82) is 0 Å². The van der Waals surface area contributed by atoms with Crippen LogP contribution in [0.5, 0.6) is 5.75 Å². The molecule has 1 aromatic carbocycles. The Morgan fingerprint density at radius 1 is 1.59 bits per heavy atom. The van der Waals surface area contributed by atoms with E-state index in [4.69, 9.17) is 10.5 Å². The van der Waals surface area contributed by atoms with E-state index in [9.17, 15) is 4.79 Å². The number of nitrogens with one attached hydrogen (secondary N) is 1. The fourth-order valence-corrected chi connectivity index (χ4v) is 1.28. The summed E-state index contributed by atoms with van der Waals surface area (Å²) in [5.41, 5.74) is 6.38. The van der Waals surface area contributed by atoms with E-state index in [1.54, 1.807) is 13.0 Å². The lowest BCUT2D eigenvalue weighted by Crippen LogP contribution is -2.37. The van der Waals surface area contributed by atoms with Gasteiger partial charge in [0.05, 0.1) is 6.04 Å². The molecule has 17 heavy (non-hydrogen) atoms. The lowest BCUT2D eigenvalue weighted by Gasteiger charge is -2.12. The third kappa shape index (κ3) is 4.28. The zero-order valence-corrected chi connectivity index (χ0v) is 9.98. The van der Waals surface area contributed by atoms with Crippen molar-refractivity contribution in [2.24, 2.45) is 5.73 Å². The van der Waals surface area contributed by atoms with Gasteiger partial charge in [-0.05, 0) is 13.0 Å². The number of carbonyl (C=O) groups excluding carboxylic acids is 1. The topological polar surface area (TPSA) is 64.3 Å². The van der Waals surface area contributed by atoms with Crippen LogP contribution in [-0.4, -0.2) is 18.6 Å². The molecule has 0 aliphatic rings. The minimum absolute atomic E-state index is 0.177. The van der Waals surface area contributed by atoms with E-state index < -0.39 is 6.04 Å². The van der Waals surface area contributed by atoms with Crippen molar-refractivity contribution in [3.63, 3.8) is 0 Å². The van der Waals surface area contributed by atoms with Crippen LogP contribution >= 0.6 is 0 Å². The Bertz CT molecular complexity index is 389. The minimum Gasteiger partial charge on any atom is -0.489 e. The van der Waals surface area contributed by atoms with Gasteiger partial charge in [0.15, 0.2) is 0 Å². The average Bonchev–Trinajstić information content (AvgIpc) is 2.34. The molecule has 1 atom stereocenters. The van der Waals surface area contributed by atoms with Gasteiger partial charge < -0.3 is 15.8 Å². The minimum atomic E-state index is -0.503. The smallest absolute Gasteiger partial charge is 0.236 e. The third-order valence-electron chi connectivity index (χ3n) is 2.20. The van der Waals surface area contributed by atoms with Crippen LogP contribution < -0.4 is 15.8 Å². The lowest BCUT2D eigenvalue weighted by atomic mass is 10.2. The molecule has 92 valence electrons. The van der Waals surface area contributed by atoms with Gasteiger partial charge in [-0.25, -0.2) is 0 Å². The van der Waals surface area contributed by atoms with Crippen LogP contribution in [0.3, 0.4) is 0 Å². The highest BCUT2D eigenvalue weighted by Crippen LogP contribution is 2.17. The monoisotopic (exact) mass is 234 g/mol. The van der Waals surface area contributed by atoms with Crippen LogP contribution in [0.2, 0.25) is 0 Å². The number of rotatable bonds is 6. The van der Waals surface area contributed by atoms with E-state index in [2.05, 4.69) is 11.9 Å². The van der Waals surface area contributed by atoms with E-state index in [1.807, 2.05) is 24.3 Å². The molecule has 0 heterocycles. The van der Waals surface area contributed by atoms with Crippen molar-refractivity contribution in [1.82, 2.24) is 5.32 Å². The number of ether oxygens (including phenoxy) is 1. The second-order valence-corrected chi connectivity index (χ2v) is 3.71. The zero-order chi connectivity index (χ0) is 12.7. The highest BCUT2D eigenvalue weighted by molar-refractivity contribution is 5.80. The Labute approximate surface area is 101 Å². The normalized spacial score (nSPS) is 11.6. The lowest BCUT2D eigenvalue weighted by molar-refractivity contribution is -0.122. The number of carbonyl (C=O) groups is 1. The standard InChI is InChI=1S/C13H18N2O2/c1-3-8-17-12-7-5-4-6-11(12)9-15-13(16)10(2)14/h3-7,10H,1,8-9,14H2,2H3,(H,15,16)/t10-/m1/s1. The maximum Gasteiger partial charge on any atom is 0.236 e. The molecule has 4 nitrogen and oxygen atoms in total. The number of amides is 1. The molecule has 0 aromatic heterocycles. The van der Waals surface area contributed by atoms with Gasteiger partial charge in [0.2, 0.25) is 5.91 Å². The van der Waals surface area contributed by atoms with Gasteiger partial charge in [0.25, 0.3) is 0 Å². The predicted molar refractivity (Wildman–Crippen MR) is 67.6 cm³/mol. The first-order valence-electron chi connectivity index (χ1n) is 5.50. The van der Waals surface area contributed by atoms with Crippen molar-refractivity contribution >= 4 is 5.91 Å². The van der Waals surface area contributed by atoms with E-state index in [0.717, 1.165) is 11.3 Å². The quantitative estimate of drug-likeness (QED) is 0.727. The van der Waals surface area contributed by atoms with Crippen LogP contribution in [0.15, 0.2) is 36.9 Å². The second kappa shape index (κ2) is 6.70. The van der Waals surface area contributed by atoms with E-state index in [1.165, 1.54) is 0 Å². The molecule has 0 saturated heterocycles. The fraction of sp³-hybridized carbons (Fsp3) is 0.308. The summed E-state index contributed by atoms with van der Waals surface area (Å²) in [7, 11) is 0. The van der Waals surface area contributed by atoms with Crippen LogP contribution in [0.25, 0.3) is 0 Å². The van der Waals surface area contributed by atoms with Gasteiger partial charge in [-0.2, -0.15) is 0 Å². The van der Waals surface area contributed by atoms with E-state index in [0.29, 0.717) is 13.2 Å². The molecule has 0 saturated carbocycles. The number of para-hydroxylation sites is 1. The molecule has 3 N–H and O–H groups in total. The van der Waals surface area contributed by atoms with Gasteiger partial charge in [-0.15, -0.1) is 0 Å². The SMILES string of the molecule is C=CCOc1ccccc1CNC(=O)[C@@H](C)N. The maximum absolute atomic E-state index is 11.3.